The Bertz CT molecular complexity index is 455. The van der Waals surface area contributed by atoms with Crippen molar-refractivity contribution in [2.24, 2.45) is 11.7 Å². The quantitative estimate of drug-likeness (QED) is 0.815. The van der Waals surface area contributed by atoms with Crippen LogP contribution in [0.2, 0.25) is 0 Å². The Hall–Kier alpha value is -1.55. The number of rotatable bonds is 6. The van der Waals surface area contributed by atoms with Crippen molar-refractivity contribution in [3.63, 3.8) is 0 Å². The number of hydrogen-bond donors (Lipinski definition) is 2. The topological polar surface area (TPSA) is 64.3 Å². The summed E-state index contributed by atoms with van der Waals surface area (Å²) in [4.78, 5) is 11.8. The molecule has 0 aromatic heterocycles. The third-order valence-corrected chi connectivity index (χ3v) is 3.93. The van der Waals surface area contributed by atoms with Crippen molar-refractivity contribution in [2.45, 2.75) is 25.2 Å². The van der Waals surface area contributed by atoms with Gasteiger partial charge in [-0.3, -0.25) is 4.79 Å². The summed E-state index contributed by atoms with van der Waals surface area (Å²) in [6.45, 7) is 2.89. The number of amides is 1. The lowest BCUT2D eigenvalue weighted by atomic mass is 9.94. The lowest BCUT2D eigenvalue weighted by Gasteiger charge is -2.20. The normalized spacial score (nSPS) is 17.6. The van der Waals surface area contributed by atoms with Crippen LogP contribution in [0.1, 0.15) is 25.3 Å². The minimum absolute atomic E-state index is 0.0312. The Morgan fingerprint density at radius 3 is 2.74 bits per heavy atom. The van der Waals surface area contributed by atoms with E-state index in [9.17, 15) is 4.79 Å². The van der Waals surface area contributed by atoms with Gasteiger partial charge in [0.15, 0.2) is 0 Å². The van der Waals surface area contributed by atoms with Crippen molar-refractivity contribution in [2.75, 3.05) is 20.2 Å². The van der Waals surface area contributed by atoms with Crippen molar-refractivity contribution < 1.29 is 9.53 Å². The first kappa shape index (κ1) is 13.9. The number of methoxy groups -OCH3 is 1. The lowest BCUT2D eigenvalue weighted by Crippen LogP contribution is -2.38. The summed E-state index contributed by atoms with van der Waals surface area (Å²) in [5.74, 6) is 0.804. The fourth-order valence-corrected chi connectivity index (χ4v) is 2.31. The van der Waals surface area contributed by atoms with E-state index in [0.29, 0.717) is 13.1 Å². The number of benzene rings is 1. The average Bonchev–Trinajstić information content (AvgIpc) is 3.24. The van der Waals surface area contributed by atoms with Gasteiger partial charge in [-0.15, -0.1) is 0 Å². The number of carbonyl (C=O) groups excluding carboxylic acids is 1. The molecule has 1 unspecified atom stereocenters. The standard InChI is InChI=1S/C15H22N2O2/c1-11(9-16)14(18)17-10-15(7-8-15)12-5-3-4-6-13(12)19-2/h3-6,11H,7-10,16H2,1-2H3,(H,17,18). The van der Waals surface area contributed by atoms with Gasteiger partial charge in [0.25, 0.3) is 0 Å². The molecule has 3 N–H and O–H groups in total. The highest BCUT2D eigenvalue weighted by Gasteiger charge is 2.46. The summed E-state index contributed by atoms with van der Waals surface area (Å²) in [5.41, 5.74) is 6.75. The van der Waals surface area contributed by atoms with Gasteiger partial charge in [-0.2, -0.15) is 0 Å². The van der Waals surface area contributed by atoms with Gasteiger partial charge >= 0.3 is 0 Å². The minimum atomic E-state index is -0.131. The molecule has 0 bridgehead atoms. The smallest absolute Gasteiger partial charge is 0.224 e. The van der Waals surface area contributed by atoms with Crippen LogP contribution in [0.5, 0.6) is 5.75 Å². The van der Waals surface area contributed by atoms with Crippen LogP contribution in [0.15, 0.2) is 24.3 Å². The molecule has 1 aliphatic rings. The highest BCUT2D eigenvalue weighted by atomic mass is 16.5. The van der Waals surface area contributed by atoms with Gasteiger partial charge in [0.05, 0.1) is 7.11 Å². The van der Waals surface area contributed by atoms with Gasteiger partial charge in [0.1, 0.15) is 5.75 Å². The summed E-state index contributed by atoms with van der Waals surface area (Å²) in [7, 11) is 1.68. The van der Waals surface area contributed by atoms with E-state index in [1.165, 1.54) is 5.56 Å². The summed E-state index contributed by atoms with van der Waals surface area (Å²) in [5, 5.41) is 3.01. The van der Waals surface area contributed by atoms with Crippen molar-refractivity contribution in [3.05, 3.63) is 29.8 Å². The molecule has 19 heavy (non-hydrogen) atoms. The Morgan fingerprint density at radius 1 is 1.47 bits per heavy atom. The van der Waals surface area contributed by atoms with Gasteiger partial charge in [0, 0.05) is 30.0 Å². The SMILES string of the molecule is COc1ccccc1C1(CNC(=O)C(C)CN)CC1. The first-order valence-corrected chi connectivity index (χ1v) is 6.74. The maximum atomic E-state index is 11.8. The fraction of sp³-hybridized carbons (Fsp3) is 0.533. The number of ether oxygens (including phenoxy) is 1. The number of nitrogens with one attached hydrogen (secondary N) is 1. The fourth-order valence-electron chi connectivity index (χ4n) is 2.31. The molecule has 1 aromatic rings. The van der Waals surface area contributed by atoms with Gasteiger partial charge in [0.2, 0.25) is 5.91 Å². The third-order valence-electron chi connectivity index (χ3n) is 3.93. The zero-order chi connectivity index (χ0) is 13.9. The summed E-state index contributed by atoms with van der Waals surface area (Å²) >= 11 is 0. The average molecular weight is 262 g/mol. The first-order chi connectivity index (χ1) is 9.13. The third kappa shape index (κ3) is 2.89. The maximum Gasteiger partial charge on any atom is 0.224 e. The van der Waals surface area contributed by atoms with Crippen LogP contribution in [-0.4, -0.2) is 26.1 Å². The van der Waals surface area contributed by atoms with Crippen LogP contribution in [0.25, 0.3) is 0 Å². The van der Waals surface area contributed by atoms with E-state index >= 15 is 0 Å². The molecule has 1 fully saturated rings. The molecule has 1 atom stereocenters. The Kier molecular flexibility index (Phi) is 4.10. The summed E-state index contributed by atoms with van der Waals surface area (Å²) in [6, 6.07) is 8.04. The Balaban J connectivity index is 2.05. The van der Waals surface area contributed by atoms with Gasteiger partial charge in [-0.25, -0.2) is 0 Å². The molecule has 4 heteroatoms. The molecule has 4 nitrogen and oxygen atoms in total. The van der Waals surface area contributed by atoms with Gasteiger partial charge < -0.3 is 15.8 Å². The highest BCUT2D eigenvalue weighted by Crippen LogP contribution is 2.50. The Morgan fingerprint density at radius 2 is 2.16 bits per heavy atom. The molecule has 0 aliphatic heterocycles. The van der Waals surface area contributed by atoms with E-state index in [-0.39, 0.29) is 17.2 Å². The highest BCUT2D eigenvalue weighted by molar-refractivity contribution is 5.78. The summed E-state index contributed by atoms with van der Waals surface area (Å²) < 4.78 is 5.41. The van der Waals surface area contributed by atoms with Crippen molar-refractivity contribution >= 4 is 5.91 Å². The first-order valence-electron chi connectivity index (χ1n) is 6.74. The maximum absolute atomic E-state index is 11.8. The molecule has 0 radical (unpaired) electrons. The second-order valence-corrected chi connectivity index (χ2v) is 5.34. The molecule has 1 amide bonds. The monoisotopic (exact) mass is 262 g/mol. The molecule has 0 spiro atoms. The van der Waals surface area contributed by atoms with E-state index in [2.05, 4.69) is 11.4 Å². The van der Waals surface area contributed by atoms with Crippen LogP contribution in [0, 0.1) is 5.92 Å². The van der Waals surface area contributed by atoms with E-state index in [4.69, 9.17) is 10.5 Å². The lowest BCUT2D eigenvalue weighted by molar-refractivity contribution is -0.124. The largest absolute Gasteiger partial charge is 0.496 e. The van der Waals surface area contributed by atoms with Crippen molar-refractivity contribution in [1.29, 1.82) is 0 Å². The van der Waals surface area contributed by atoms with Crippen LogP contribution in [0.3, 0.4) is 0 Å². The minimum Gasteiger partial charge on any atom is -0.496 e. The van der Waals surface area contributed by atoms with E-state index in [1.54, 1.807) is 7.11 Å². The van der Waals surface area contributed by atoms with Gasteiger partial charge in [-0.1, -0.05) is 25.1 Å². The number of nitrogens with two attached hydrogens (primary N) is 1. The van der Waals surface area contributed by atoms with Crippen molar-refractivity contribution in [1.82, 2.24) is 5.32 Å². The number of hydrogen-bond acceptors (Lipinski definition) is 3. The molecular weight excluding hydrogens is 240 g/mol. The van der Waals surface area contributed by atoms with Crippen LogP contribution >= 0.6 is 0 Å². The second kappa shape index (κ2) is 5.61. The van der Waals surface area contributed by atoms with Crippen LogP contribution in [0.4, 0.5) is 0 Å². The molecule has 1 aromatic carbocycles. The zero-order valence-corrected chi connectivity index (χ0v) is 11.6. The Labute approximate surface area is 114 Å². The zero-order valence-electron chi connectivity index (χ0n) is 11.6. The molecule has 0 saturated heterocycles. The summed E-state index contributed by atoms with van der Waals surface area (Å²) in [6.07, 6.45) is 2.18. The number of carbonyl (C=O) groups is 1. The molecule has 1 aliphatic carbocycles. The van der Waals surface area contributed by atoms with E-state index in [0.717, 1.165) is 18.6 Å². The number of para-hydroxylation sites is 1. The molecular formula is C15H22N2O2. The predicted octanol–water partition coefficient (Wildman–Crippen LogP) is 1.44. The van der Waals surface area contributed by atoms with Gasteiger partial charge in [-0.05, 0) is 18.9 Å². The van der Waals surface area contributed by atoms with Crippen molar-refractivity contribution in [3.8, 4) is 5.75 Å². The van der Waals surface area contributed by atoms with Crippen LogP contribution in [-0.2, 0) is 10.2 Å². The second-order valence-electron chi connectivity index (χ2n) is 5.34. The molecule has 2 rings (SSSR count). The molecule has 104 valence electrons. The van der Waals surface area contributed by atoms with E-state index in [1.807, 2.05) is 25.1 Å². The van der Waals surface area contributed by atoms with E-state index < -0.39 is 0 Å². The van der Waals surface area contributed by atoms with Crippen LogP contribution < -0.4 is 15.8 Å². The predicted molar refractivity (Wildman–Crippen MR) is 75.1 cm³/mol. The molecule has 0 heterocycles. The molecule has 1 saturated carbocycles.